The summed E-state index contributed by atoms with van der Waals surface area (Å²) in [4.78, 5) is 4.53. The second-order valence-electron chi connectivity index (χ2n) is 4.85. The van der Waals surface area contributed by atoms with Gasteiger partial charge in [-0.3, -0.25) is 0 Å². The summed E-state index contributed by atoms with van der Waals surface area (Å²) < 4.78 is 1.26. The van der Waals surface area contributed by atoms with E-state index in [0.29, 0.717) is 0 Å². The Labute approximate surface area is 147 Å². The van der Waals surface area contributed by atoms with E-state index in [0.717, 1.165) is 11.3 Å². The molecule has 0 spiro atoms. The quantitative estimate of drug-likeness (QED) is 0.350. The Balaban J connectivity index is 0.00000144. The van der Waals surface area contributed by atoms with Crippen molar-refractivity contribution in [2.75, 3.05) is 0 Å². The van der Waals surface area contributed by atoms with Gasteiger partial charge < -0.3 is 4.98 Å². The molecule has 0 amide bonds. The van der Waals surface area contributed by atoms with E-state index in [1.54, 1.807) is 11.3 Å². The monoisotopic (exact) mass is 479 g/mol. The molecule has 4 rings (SSSR count). The van der Waals surface area contributed by atoms with Crippen LogP contribution in [0.1, 0.15) is 0 Å². The number of hydrogen-bond donors (Lipinski definition) is 0. The maximum absolute atomic E-state index is 4.53. The van der Waals surface area contributed by atoms with Crippen LogP contribution >= 0.6 is 11.3 Å². The Morgan fingerprint density at radius 1 is 0.864 bits per heavy atom. The van der Waals surface area contributed by atoms with Crippen LogP contribution in [0.4, 0.5) is 0 Å². The zero-order valence-electron chi connectivity index (χ0n) is 11.6. The number of pyridine rings is 1. The first kappa shape index (κ1) is 15.1. The predicted octanol–water partition coefficient (Wildman–Crippen LogP) is 5.43. The molecule has 109 valence electrons. The van der Waals surface area contributed by atoms with Gasteiger partial charge in [0.15, 0.2) is 0 Å². The minimum Gasteiger partial charge on any atom is -0.304 e. The van der Waals surface area contributed by atoms with E-state index < -0.39 is 0 Å². The van der Waals surface area contributed by atoms with Gasteiger partial charge in [-0.25, -0.2) is 0 Å². The molecule has 2 aromatic heterocycles. The SMILES string of the molecule is [Ir].[c-]1cc(-c2ccccc2)ccc1-c1nccc2sccc12. The number of rotatable bonds is 2. The molecule has 0 aliphatic heterocycles. The van der Waals surface area contributed by atoms with Crippen molar-refractivity contribution in [1.82, 2.24) is 4.98 Å². The number of hydrogen-bond acceptors (Lipinski definition) is 2. The smallest absolute Gasteiger partial charge is 0.0286 e. The molecule has 0 bridgehead atoms. The Hall–Kier alpha value is -1.80. The molecule has 3 heteroatoms. The Kier molecular flexibility index (Phi) is 4.49. The maximum atomic E-state index is 4.53. The van der Waals surface area contributed by atoms with E-state index in [1.807, 2.05) is 18.3 Å². The van der Waals surface area contributed by atoms with Crippen molar-refractivity contribution in [3.05, 3.63) is 78.3 Å². The Bertz CT molecular complexity index is 882. The van der Waals surface area contributed by atoms with Gasteiger partial charge in [-0.05, 0) is 22.5 Å². The largest absolute Gasteiger partial charge is 0.304 e. The molecule has 0 N–H and O–H groups in total. The molecule has 2 aromatic carbocycles. The normalized spacial score (nSPS) is 10.4. The second-order valence-corrected chi connectivity index (χ2v) is 5.80. The fourth-order valence-electron chi connectivity index (χ4n) is 2.49. The summed E-state index contributed by atoms with van der Waals surface area (Å²) >= 11 is 1.74. The van der Waals surface area contributed by atoms with Gasteiger partial charge in [-0.1, -0.05) is 47.5 Å². The van der Waals surface area contributed by atoms with Crippen LogP contribution in [0.3, 0.4) is 0 Å². The summed E-state index contributed by atoms with van der Waals surface area (Å²) in [6.07, 6.45) is 1.87. The van der Waals surface area contributed by atoms with Crippen molar-refractivity contribution in [2.45, 2.75) is 0 Å². The van der Waals surface area contributed by atoms with Crippen LogP contribution < -0.4 is 0 Å². The van der Waals surface area contributed by atoms with Gasteiger partial charge in [0.05, 0.1) is 0 Å². The summed E-state index contributed by atoms with van der Waals surface area (Å²) in [6.45, 7) is 0. The molecule has 0 aliphatic carbocycles. The molecule has 0 saturated carbocycles. The van der Waals surface area contributed by atoms with Gasteiger partial charge in [0.2, 0.25) is 0 Å². The van der Waals surface area contributed by atoms with Crippen LogP contribution in [0, 0.1) is 6.07 Å². The Morgan fingerprint density at radius 2 is 1.73 bits per heavy atom. The van der Waals surface area contributed by atoms with Crippen LogP contribution in [0.25, 0.3) is 32.5 Å². The van der Waals surface area contributed by atoms with Crippen molar-refractivity contribution in [3.63, 3.8) is 0 Å². The molecular formula is C19H12IrNS-. The molecule has 1 radical (unpaired) electrons. The van der Waals surface area contributed by atoms with Gasteiger partial charge in [0.1, 0.15) is 0 Å². The Morgan fingerprint density at radius 3 is 2.50 bits per heavy atom. The maximum Gasteiger partial charge on any atom is 0.0286 e. The molecule has 0 unspecified atom stereocenters. The molecule has 0 saturated heterocycles. The molecule has 0 aliphatic rings. The van der Waals surface area contributed by atoms with Gasteiger partial charge in [0.25, 0.3) is 0 Å². The van der Waals surface area contributed by atoms with Crippen LogP contribution in [0.15, 0.2) is 72.2 Å². The first-order valence-corrected chi connectivity index (χ1v) is 7.69. The predicted molar refractivity (Wildman–Crippen MR) is 89.3 cm³/mol. The number of benzene rings is 2. The van der Waals surface area contributed by atoms with Crippen molar-refractivity contribution in [3.8, 4) is 22.4 Å². The first-order valence-electron chi connectivity index (χ1n) is 6.81. The minimum atomic E-state index is 0. The molecule has 2 heterocycles. The third kappa shape index (κ3) is 2.76. The van der Waals surface area contributed by atoms with Crippen molar-refractivity contribution in [1.29, 1.82) is 0 Å². The van der Waals surface area contributed by atoms with Crippen LogP contribution in [0.5, 0.6) is 0 Å². The van der Waals surface area contributed by atoms with E-state index in [1.165, 1.54) is 21.2 Å². The molecule has 22 heavy (non-hydrogen) atoms. The third-order valence-electron chi connectivity index (χ3n) is 3.55. The summed E-state index contributed by atoms with van der Waals surface area (Å²) in [7, 11) is 0. The molecule has 0 fully saturated rings. The van der Waals surface area contributed by atoms with Crippen LogP contribution in [0.2, 0.25) is 0 Å². The number of fused-ring (bicyclic) bond motifs is 1. The minimum absolute atomic E-state index is 0. The molecule has 0 atom stereocenters. The first-order chi connectivity index (χ1) is 10.4. The van der Waals surface area contributed by atoms with Gasteiger partial charge >= 0.3 is 0 Å². The number of aromatic nitrogens is 1. The zero-order chi connectivity index (χ0) is 14.1. The van der Waals surface area contributed by atoms with E-state index in [-0.39, 0.29) is 20.1 Å². The molecular weight excluding hydrogens is 467 g/mol. The third-order valence-corrected chi connectivity index (χ3v) is 4.44. The van der Waals surface area contributed by atoms with E-state index in [4.69, 9.17) is 0 Å². The average Bonchev–Trinajstić information content (AvgIpc) is 3.04. The fraction of sp³-hybridized carbons (Fsp3) is 0. The van der Waals surface area contributed by atoms with E-state index >= 15 is 0 Å². The summed E-state index contributed by atoms with van der Waals surface area (Å²) in [5, 5.41) is 3.31. The van der Waals surface area contributed by atoms with Crippen molar-refractivity contribution >= 4 is 21.4 Å². The second kappa shape index (κ2) is 6.53. The van der Waals surface area contributed by atoms with Gasteiger partial charge in [-0.15, -0.1) is 41.2 Å². The zero-order valence-corrected chi connectivity index (χ0v) is 14.8. The standard InChI is InChI=1S/C19H12NS.Ir/c1-2-4-14(5-3-1)15-6-8-16(9-7-15)19-17-11-13-21-18(17)10-12-20-19;/h1-8,10-13H;/q-1;. The summed E-state index contributed by atoms with van der Waals surface area (Å²) in [5.41, 5.74) is 4.44. The topological polar surface area (TPSA) is 12.9 Å². The molecule has 4 aromatic rings. The van der Waals surface area contributed by atoms with Crippen LogP contribution in [-0.4, -0.2) is 4.98 Å². The van der Waals surface area contributed by atoms with Crippen LogP contribution in [-0.2, 0) is 20.1 Å². The van der Waals surface area contributed by atoms with Crippen molar-refractivity contribution in [2.24, 2.45) is 0 Å². The number of thiophene rings is 1. The summed E-state index contributed by atoms with van der Waals surface area (Å²) in [6, 6.07) is 24.2. The van der Waals surface area contributed by atoms with Crippen molar-refractivity contribution < 1.29 is 20.1 Å². The number of nitrogens with zero attached hydrogens (tertiary/aromatic N) is 1. The van der Waals surface area contributed by atoms with E-state index in [9.17, 15) is 0 Å². The van der Waals surface area contributed by atoms with Gasteiger partial charge in [-0.2, -0.15) is 0 Å². The molecule has 1 nitrogen and oxygen atoms in total. The van der Waals surface area contributed by atoms with Gasteiger partial charge in [0, 0.05) is 31.0 Å². The van der Waals surface area contributed by atoms with E-state index in [2.05, 4.69) is 65.0 Å². The fourth-order valence-corrected chi connectivity index (χ4v) is 3.27. The average molecular weight is 479 g/mol. The summed E-state index contributed by atoms with van der Waals surface area (Å²) in [5.74, 6) is 0.